The molecule has 0 radical (unpaired) electrons. The van der Waals surface area contributed by atoms with Crippen LogP contribution in [-0.4, -0.2) is 31.3 Å². The summed E-state index contributed by atoms with van der Waals surface area (Å²) in [6, 6.07) is -0.603. The molecule has 0 aromatic carbocycles. The highest BCUT2D eigenvalue weighted by Gasteiger charge is 2.21. The Morgan fingerprint density at radius 2 is 1.50 bits per heavy atom. The van der Waals surface area contributed by atoms with E-state index >= 15 is 0 Å². The van der Waals surface area contributed by atoms with E-state index in [1.54, 1.807) is 0 Å². The van der Waals surface area contributed by atoms with E-state index in [0.717, 1.165) is 25.7 Å². The molecule has 0 bridgehead atoms. The monoisotopic (exact) mass is 315 g/mol. The van der Waals surface area contributed by atoms with Crippen LogP contribution in [0.4, 0.5) is 4.79 Å². The van der Waals surface area contributed by atoms with E-state index in [4.69, 9.17) is 9.47 Å². The summed E-state index contributed by atoms with van der Waals surface area (Å²) in [5.41, 5.74) is 0. The minimum Gasteiger partial charge on any atom is -0.464 e. The number of rotatable bonds is 13. The van der Waals surface area contributed by atoms with Gasteiger partial charge < -0.3 is 14.8 Å². The summed E-state index contributed by atoms with van der Waals surface area (Å²) in [7, 11) is 0. The number of alkyl carbamates (subject to hydrolysis) is 1. The molecule has 0 rings (SSSR count). The highest BCUT2D eigenvalue weighted by Crippen LogP contribution is 2.05. The number of hydrogen-bond donors (Lipinski definition) is 1. The maximum absolute atomic E-state index is 11.8. The van der Waals surface area contributed by atoms with Crippen molar-refractivity contribution in [2.75, 3.05) is 13.2 Å². The van der Waals surface area contributed by atoms with Crippen LogP contribution in [0.3, 0.4) is 0 Å². The van der Waals surface area contributed by atoms with Crippen LogP contribution in [0.15, 0.2) is 0 Å². The number of nitrogens with one attached hydrogen (secondary N) is 1. The Morgan fingerprint density at radius 3 is 2.14 bits per heavy atom. The zero-order valence-electron chi connectivity index (χ0n) is 14.5. The van der Waals surface area contributed by atoms with E-state index in [2.05, 4.69) is 12.2 Å². The first-order valence-electron chi connectivity index (χ1n) is 8.75. The van der Waals surface area contributed by atoms with Gasteiger partial charge in [0.25, 0.3) is 0 Å². The fourth-order valence-electron chi connectivity index (χ4n) is 2.07. The van der Waals surface area contributed by atoms with Crippen molar-refractivity contribution in [3.63, 3.8) is 0 Å². The Hall–Kier alpha value is -1.26. The minimum atomic E-state index is -0.603. The molecule has 0 aromatic rings. The third-order valence-corrected chi connectivity index (χ3v) is 3.33. The largest absolute Gasteiger partial charge is 0.464 e. The molecule has 5 heteroatoms. The van der Waals surface area contributed by atoms with Crippen LogP contribution < -0.4 is 5.32 Å². The first kappa shape index (κ1) is 20.7. The van der Waals surface area contributed by atoms with E-state index in [0.29, 0.717) is 19.6 Å². The van der Waals surface area contributed by atoms with E-state index in [1.807, 2.05) is 13.8 Å². The van der Waals surface area contributed by atoms with Crippen LogP contribution in [0.25, 0.3) is 0 Å². The van der Waals surface area contributed by atoms with Gasteiger partial charge in [-0.25, -0.2) is 9.59 Å². The molecule has 1 amide bonds. The number of unbranched alkanes of at least 4 members (excludes halogenated alkanes) is 5. The maximum Gasteiger partial charge on any atom is 0.407 e. The molecule has 0 unspecified atom stereocenters. The van der Waals surface area contributed by atoms with Crippen molar-refractivity contribution >= 4 is 12.1 Å². The van der Waals surface area contributed by atoms with Gasteiger partial charge in [0, 0.05) is 0 Å². The molecule has 0 spiro atoms. The van der Waals surface area contributed by atoms with E-state index in [9.17, 15) is 9.59 Å². The molecule has 0 saturated heterocycles. The molecule has 0 heterocycles. The quantitative estimate of drug-likeness (QED) is 0.409. The highest BCUT2D eigenvalue weighted by molar-refractivity contribution is 5.81. The van der Waals surface area contributed by atoms with Crippen LogP contribution >= 0.6 is 0 Å². The third kappa shape index (κ3) is 11.4. The summed E-state index contributed by atoms with van der Waals surface area (Å²) in [5.74, 6) is -0.375. The van der Waals surface area contributed by atoms with Crippen LogP contribution in [0.2, 0.25) is 0 Å². The predicted octanol–water partition coefficient (Wildman–Crippen LogP) is 4.20. The number of carbonyl (C=O) groups excluding carboxylic acids is 2. The van der Waals surface area contributed by atoms with Gasteiger partial charge in [0.05, 0.1) is 13.2 Å². The molecule has 0 aromatic heterocycles. The summed E-state index contributed by atoms with van der Waals surface area (Å²) >= 11 is 0. The SMILES string of the molecule is CCCCCCCCOC(=O)N[C@@H](CCC)C(=O)OCCC. The Kier molecular flexibility index (Phi) is 13.8. The lowest BCUT2D eigenvalue weighted by atomic mass is 10.1. The van der Waals surface area contributed by atoms with Crippen LogP contribution in [0.5, 0.6) is 0 Å². The topological polar surface area (TPSA) is 64.6 Å². The third-order valence-electron chi connectivity index (χ3n) is 3.33. The second kappa shape index (κ2) is 14.7. The maximum atomic E-state index is 11.8. The van der Waals surface area contributed by atoms with Gasteiger partial charge in [0.15, 0.2) is 0 Å². The molecule has 0 saturated carbocycles. The second-order valence-electron chi connectivity index (χ2n) is 5.56. The van der Waals surface area contributed by atoms with Crippen LogP contribution in [0, 0.1) is 0 Å². The number of esters is 1. The molecule has 1 atom stereocenters. The Balaban J connectivity index is 3.85. The number of carbonyl (C=O) groups is 2. The Labute approximate surface area is 135 Å². The Morgan fingerprint density at radius 1 is 0.818 bits per heavy atom. The molecule has 0 aliphatic rings. The van der Waals surface area contributed by atoms with Gasteiger partial charge in [-0.1, -0.05) is 59.3 Å². The van der Waals surface area contributed by atoms with Crippen molar-refractivity contribution in [3.8, 4) is 0 Å². The van der Waals surface area contributed by atoms with Gasteiger partial charge in [0.1, 0.15) is 6.04 Å². The fourth-order valence-corrected chi connectivity index (χ4v) is 2.07. The number of hydrogen-bond acceptors (Lipinski definition) is 4. The van der Waals surface area contributed by atoms with Crippen molar-refractivity contribution in [2.24, 2.45) is 0 Å². The summed E-state index contributed by atoms with van der Waals surface area (Å²) < 4.78 is 10.2. The molecule has 5 nitrogen and oxygen atoms in total. The van der Waals surface area contributed by atoms with Crippen molar-refractivity contribution in [3.05, 3.63) is 0 Å². The Bertz CT molecular complexity index is 294. The molecule has 1 N–H and O–H groups in total. The first-order chi connectivity index (χ1) is 10.7. The zero-order valence-corrected chi connectivity index (χ0v) is 14.5. The molecule has 22 heavy (non-hydrogen) atoms. The second-order valence-corrected chi connectivity index (χ2v) is 5.56. The lowest BCUT2D eigenvalue weighted by Gasteiger charge is -2.16. The van der Waals surface area contributed by atoms with Crippen molar-refractivity contribution in [2.45, 2.75) is 84.6 Å². The van der Waals surface area contributed by atoms with Crippen molar-refractivity contribution in [1.29, 1.82) is 0 Å². The van der Waals surface area contributed by atoms with Crippen LogP contribution in [0.1, 0.15) is 78.6 Å². The molecule has 0 aliphatic heterocycles. The lowest BCUT2D eigenvalue weighted by molar-refractivity contribution is -0.146. The van der Waals surface area contributed by atoms with Crippen LogP contribution in [-0.2, 0) is 14.3 Å². The van der Waals surface area contributed by atoms with E-state index in [-0.39, 0.29) is 5.97 Å². The summed E-state index contributed by atoms with van der Waals surface area (Å²) in [4.78, 5) is 23.5. The average molecular weight is 315 g/mol. The molecule has 0 fully saturated rings. The van der Waals surface area contributed by atoms with Gasteiger partial charge in [0.2, 0.25) is 0 Å². The molecular formula is C17H33NO4. The fraction of sp³-hybridized carbons (Fsp3) is 0.882. The zero-order chi connectivity index (χ0) is 16.6. The predicted molar refractivity (Wildman–Crippen MR) is 87.8 cm³/mol. The number of amides is 1. The normalized spacial score (nSPS) is 11.8. The highest BCUT2D eigenvalue weighted by atomic mass is 16.6. The summed E-state index contributed by atoms with van der Waals surface area (Å²) in [5, 5.41) is 2.60. The van der Waals surface area contributed by atoms with E-state index < -0.39 is 12.1 Å². The van der Waals surface area contributed by atoms with Gasteiger partial charge in [-0.05, 0) is 19.3 Å². The lowest BCUT2D eigenvalue weighted by Crippen LogP contribution is -2.42. The van der Waals surface area contributed by atoms with Gasteiger partial charge in [-0.15, -0.1) is 0 Å². The standard InChI is InChI=1S/C17H33NO4/c1-4-7-8-9-10-11-14-22-17(20)18-15(12-5-2)16(19)21-13-6-3/h15H,4-14H2,1-3H3,(H,18,20)/t15-/m0/s1. The van der Waals surface area contributed by atoms with Crippen molar-refractivity contribution < 1.29 is 19.1 Å². The van der Waals surface area contributed by atoms with E-state index in [1.165, 1.54) is 25.7 Å². The summed E-state index contributed by atoms with van der Waals surface area (Å²) in [6.07, 6.45) is 8.46. The molecule has 0 aliphatic carbocycles. The first-order valence-corrected chi connectivity index (χ1v) is 8.75. The van der Waals surface area contributed by atoms with Gasteiger partial charge in [-0.2, -0.15) is 0 Å². The minimum absolute atomic E-state index is 0.375. The van der Waals surface area contributed by atoms with Gasteiger partial charge >= 0.3 is 12.1 Å². The average Bonchev–Trinajstić information content (AvgIpc) is 2.51. The van der Waals surface area contributed by atoms with Crippen molar-refractivity contribution in [1.82, 2.24) is 5.32 Å². The summed E-state index contributed by atoms with van der Waals surface area (Å²) in [6.45, 7) is 6.87. The molecule has 130 valence electrons. The smallest absolute Gasteiger partial charge is 0.407 e. The van der Waals surface area contributed by atoms with Gasteiger partial charge in [-0.3, -0.25) is 0 Å². The molecular weight excluding hydrogens is 282 g/mol. The number of ether oxygens (including phenoxy) is 2.